The summed E-state index contributed by atoms with van der Waals surface area (Å²) in [5.74, 6) is -1.27. The number of amides is 2. The summed E-state index contributed by atoms with van der Waals surface area (Å²) >= 11 is 0. The van der Waals surface area contributed by atoms with Crippen molar-refractivity contribution in [3.63, 3.8) is 0 Å². The molecule has 3 N–H and O–H groups in total. The van der Waals surface area contributed by atoms with Crippen molar-refractivity contribution in [2.45, 2.75) is 26.0 Å². The number of carbonyl (C=O) groups excluding carboxylic acids is 1. The van der Waals surface area contributed by atoms with Crippen molar-refractivity contribution in [1.82, 2.24) is 10.2 Å². The lowest BCUT2D eigenvalue weighted by Gasteiger charge is -2.23. The fraction of sp³-hybridized carbons (Fsp3) is 0.600. The van der Waals surface area contributed by atoms with Gasteiger partial charge in [0, 0.05) is 13.1 Å². The molecule has 0 saturated carbocycles. The van der Waals surface area contributed by atoms with Gasteiger partial charge in [0.2, 0.25) is 0 Å². The third-order valence-electron chi connectivity index (χ3n) is 2.05. The van der Waals surface area contributed by atoms with Crippen LogP contribution in [0.15, 0.2) is 12.7 Å². The number of aliphatic carboxylic acids is 1. The first-order valence-electron chi connectivity index (χ1n) is 5.01. The van der Waals surface area contributed by atoms with Gasteiger partial charge in [-0.25, -0.2) is 9.59 Å². The third kappa shape index (κ3) is 4.31. The van der Waals surface area contributed by atoms with Crippen molar-refractivity contribution < 1.29 is 19.8 Å². The van der Waals surface area contributed by atoms with Gasteiger partial charge in [0.15, 0.2) is 6.04 Å². The van der Waals surface area contributed by atoms with Crippen LogP contribution in [0.2, 0.25) is 0 Å². The highest BCUT2D eigenvalue weighted by molar-refractivity contribution is 5.83. The Morgan fingerprint density at radius 3 is 2.44 bits per heavy atom. The number of nitrogens with zero attached hydrogens (tertiary/aromatic N) is 1. The Morgan fingerprint density at radius 1 is 1.56 bits per heavy atom. The maximum Gasteiger partial charge on any atom is 0.328 e. The molecule has 92 valence electrons. The Labute approximate surface area is 94.6 Å². The maximum absolute atomic E-state index is 11.6. The summed E-state index contributed by atoms with van der Waals surface area (Å²) in [4.78, 5) is 23.7. The van der Waals surface area contributed by atoms with Crippen LogP contribution in [0, 0.1) is 0 Å². The number of carboxylic acids is 1. The monoisotopic (exact) mass is 230 g/mol. The number of carboxylic acid groups (broad SMARTS) is 1. The predicted molar refractivity (Wildman–Crippen MR) is 59.1 cm³/mol. The van der Waals surface area contributed by atoms with Gasteiger partial charge in [-0.2, -0.15) is 0 Å². The summed E-state index contributed by atoms with van der Waals surface area (Å²) in [6.07, 6.45) is 0.394. The van der Waals surface area contributed by atoms with Crippen molar-refractivity contribution in [2.24, 2.45) is 0 Å². The molecule has 0 aromatic heterocycles. The van der Waals surface area contributed by atoms with Crippen LogP contribution >= 0.6 is 0 Å². The van der Waals surface area contributed by atoms with Gasteiger partial charge >= 0.3 is 12.0 Å². The van der Waals surface area contributed by atoms with E-state index in [1.54, 1.807) is 13.0 Å². The van der Waals surface area contributed by atoms with E-state index in [2.05, 4.69) is 11.9 Å². The molecule has 0 spiro atoms. The molecule has 0 aliphatic rings. The van der Waals surface area contributed by atoms with Crippen LogP contribution in [-0.2, 0) is 4.79 Å². The van der Waals surface area contributed by atoms with E-state index in [9.17, 15) is 14.7 Å². The topological polar surface area (TPSA) is 89.9 Å². The fourth-order valence-electron chi connectivity index (χ4n) is 1.12. The average Bonchev–Trinajstić information content (AvgIpc) is 2.21. The molecule has 0 heterocycles. The van der Waals surface area contributed by atoms with Crippen molar-refractivity contribution in [3.8, 4) is 0 Å². The Balaban J connectivity index is 4.49. The molecule has 0 aliphatic heterocycles. The minimum Gasteiger partial charge on any atom is -0.480 e. The molecule has 0 saturated heterocycles. The Morgan fingerprint density at radius 2 is 2.12 bits per heavy atom. The zero-order valence-electron chi connectivity index (χ0n) is 9.51. The second-order valence-corrected chi connectivity index (χ2v) is 3.33. The van der Waals surface area contributed by atoms with Gasteiger partial charge < -0.3 is 20.4 Å². The summed E-state index contributed by atoms with van der Waals surface area (Å²) in [5, 5.41) is 20.2. The van der Waals surface area contributed by atoms with E-state index in [0.29, 0.717) is 13.1 Å². The molecule has 0 radical (unpaired) electrons. The summed E-state index contributed by atoms with van der Waals surface area (Å²) in [6.45, 7) is 7.33. The average molecular weight is 230 g/mol. The summed E-state index contributed by atoms with van der Waals surface area (Å²) in [5.41, 5.74) is 0. The molecule has 0 fully saturated rings. The Kier molecular flexibility index (Phi) is 6.17. The van der Waals surface area contributed by atoms with E-state index in [1.807, 2.05) is 0 Å². The van der Waals surface area contributed by atoms with Gasteiger partial charge in [-0.1, -0.05) is 6.08 Å². The lowest BCUT2D eigenvalue weighted by molar-refractivity contribution is -0.141. The van der Waals surface area contributed by atoms with E-state index < -0.39 is 24.1 Å². The number of rotatable bonds is 6. The van der Waals surface area contributed by atoms with Crippen molar-refractivity contribution in [3.05, 3.63) is 12.7 Å². The first kappa shape index (κ1) is 14.4. The van der Waals surface area contributed by atoms with Crippen LogP contribution in [0.4, 0.5) is 4.79 Å². The summed E-state index contributed by atoms with van der Waals surface area (Å²) < 4.78 is 0. The van der Waals surface area contributed by atoms with Crippen molar-refractivity contribution in [1.29, 1.82) is 0 Å². The number of hydrogen-bond acceptors (Lipinski definition) is 3. The first-order valence-corrected chi connectivity index (χ1v) is 5.01. The molecule has 0 aromatic carbocycles. The maximum atomic E-state index is 11.6. The van der Waals surface area contributed by atoms with E-state index in [4.69, 9.17) is 5.11 Å². The SMILES string of the molecule is C=CCN(CC)C(=O)N[C@H](C(=O)O)[C@@H](C)O. The van der Waals surface area contributed by atoms with Gasteiger partial charge in [0.1, 0.15) is 0 Å². The lowest BCUT2D eigenvalue weighted by atomic mass is 10.2. The van der Waals surface area contributed by atoms with E-state index in [0.717, 1.165) is 0 Å². The largest absolute Gasteiger partial charge is 0.480 e. The minimum atomic E-state index is -1.30. The highest BCUT2D eigenvalue weighted by Gasteiger charge is 2.26. The highest BCUT2D eigenvalue weighted by Crippen LogP contribution is 1.96. The molecular weight excluding hydrogens is 212 g/mol. The van der Waals surface area contributed by atoms with Crippen molar-refractivity contribution >= 4 is 12.0 Å². The molecule has 2 atom stereocenters. The van der Waals surface area contributed by atoms with E-state index in [-0.39, 0.29) is 0 Å². The number of nitrogens with one attached hydrogen (secondary N) is 1. The second kappa shape index (κ2) is 6.84. The van der Waals surface area contributed by atoms with Gasteiger partial charge in [0.25, 0.3) is 0 Å². The van der Waals surface area contributed by atoms with E-state index in [1.165, 1.54) is 11.8 Å². The standard InChI is InChI=1S/C10H18N2O4/c1-4-6-12(5-2)10(16)11-8(7(3)13)9(14)15/h4,7-8,13H,1,5-6H2,2-3H3,(H,11,16)(H,14,15)/t7-,8+/m1/s1. The molecule has 2 amide bonds. The summed E-state index contributed by atoms with van der Waals surface area (Å²) in [7, 11) is 0. The van der Waals surface area contributed by atoms with Crippen LogP contribution in [0.3, 0.4) is 0 Å². The number of aliphatic hydroxyl groups is 1. The van der Waals surface area contributed by atoms with E-state index >= 15 is 0 Å². The molecule has 0 aliphatic carbocycles. The smallest absolute Gasteiger partial charge is 0.328 e. The molecule has 0 rings (SSSR count). The summed E-state index contributed by atoms with van der Waals surface area (Å²) in [6, 6.07) is -1.83. The molecular formula is C10H18N2O4. The van der Waals surface area contributed by atoms with Gasteiger partial charge in [-0.05, 0) is 13.8 Å². The highest BCUT2D eigenvalue weighted by atomic mass is 16.4. The lowest BCUT2D eigenvalue weighted by Crippen LogP contribution is -2.52. The number of aliphatic hydroxyl groups excluding tert-OH is 1. The molecule has 6 nitrogen and oxygen atoms in total. The van der Waals surface area contributed by atoms with Gasteiger partial charge in [-0.15, -0.1) is 6.58 Å². The molecule has 0 aromatic rings. The molecule has 6 heteroatoms. The quantitative estimate of drug-likeness (QED) is 0.562. The minimum absolute atomic E-state index is 0.328. The fourth-order valence-corrected chi connectivity index (χ4v) is 1.12. The van der Waals surface area contributed by atoms with Crippen LogP contribution in [-0.4, -0.2) is 52.3 Å². The predicted octanol–water partition coefficient (Wildman–Crippen LogP) is 0.0379. The van der Waals surface area contributed by atoms with Crippen LogP contribution in [0.25, 0.3) is 0 Å². The number of hydrogen-bond donors (Lipinski definition) is 3. The van der Waals surface area contributed by atoms with Gasteiger partial charge in [-0.3, -0.25) is 0 Å². The third-order valence-corrected chi connectivity index (χ3v) is 2.05. The van der Waals surface area contributed by atoms with Gasteiger partial charge in [0.05, 0.1) is 6.10 Å². The van der Waals surface area contributed by atoms with Crippen LogP contribution in [0.1, 0.15) is 13.8 Å². The Bertz CT molecular complexity index is 266. The van der Waals surface area contributed by atoms with Crippen molar-refractivity contribution in [2.75, 3.05) is 13.1 Å². The molecule has 0 bridgehead atoms. The molecule has 16 heavy (non-hydrogen) atoms. The number of urea groups is 1. The normalized spacial score (nSPS) is 13.7. The molecule has 0 unspecified atom stereocenters. The second-order valence-electron chi connectivity index (χ2n) is 3.33. The van der Waals surface area contributed by atoms with Crippen LogP contribution in [0.5, 0.6) is 0 Å². The zero-order valence-corrected chi connectivity index (χ0v) is 9.51. The zero-order chi connectivity index (χ0) is 12.7. The van der Waals surface area contributed by atoms with Crippen LogP contribution < -0.4 is 5.32 Å². The Hall–Kier alpha value is -1.56. The number of likely N-dealkylation sites (N-methyl/N-ethyl adjacent to an activating group) is 1. The number of carbonyl (C=O) groups is 2. The first-order chi connectivity index (χ1) is 7.43.